The van der Waals surface area contributed by atoms with Gasteiger partial charge in [-0.25, -0.2) is 13.6 Å². The summed E-state index contributed by atoms with van der Waals surface area (Å²) in [6.45, 7) is -1.18. The maximum Gasteiger partial charge on any atom is 0.416 e. The molecule has 1 aromatic carbocycles. The van der Waals surface area contributed by atoms with Crippen LogP contribution in [0.4, 0.5) is 28.0 Å². The van der Waals surface area contributed by atoms with Gasteiger partial charge in [0.2, 0.25) is 5.60 Å². The Bertz CT molecular complexity index is 717. The number of ether oxygens (including phenoxy) is 1. The third-order valence-corrected chi connectivity index (χ3v) is 4.18. The lowest BCUT2D eigenvalue weighted by Crippen LogP contribution is -2.46. The number of benzene rings is 1. The van der Waals surface area contributed by atoms with Crippen molar-refractivity contribution in [2.75, 3.05) is 18.0 Å². The Hall–Kier alpha value is -2.10. The quantitative estimate of drug-likeness (QED) is 0.427. The summed E-state index contributed by atoms with van der Waals surface area (Å²) in [4.78, 5) is 23.6. The molecule has 0 aliphatic carbocycles. The summed E-state index contributed by atoms with van der Waals surface area (Å²) in [5, 5.41) is 10.9. The highest BCUT2D eigenvalue weighted by Gasteiger charge is 2.47. The molecule has 1 saturated heterocycles. The van der Waals surface area contributed by atoms with Crippen LogP contribution in [0.2, 0.25) is 0 Å². The van der Waals surface area contributed by atoms with Gasteiger partial charge >= 0.3 is 12.5 Å². The Kier molecular flexibility index (Phi) is 5.16. The highest BCUT2D eigenvalue weighted by atomic mass is 127. The number of halogens is 5. The summed E-state index contributed by atoms with van der Waals surface area (Å²) in [6.07, 6.45) is -4.39. The Labute approximate surface area is 146 Å². The van der Waals surface area contributed by atoms with Gasteiger partial charge in [-0.1, -0.05) is 0 Å². The summed E-state index contributed by atoms with van der Waals surface area (Å²) in [7, 11) is 0. The highest BCUT2D eigenvalue weighted by Crippen LogP contribution is 2.30. The monoisotopic (exact) mass is 457 g/mol. The zero-order chi connectivity index (χ0) is 18.1. The van der Waals surface area contributed by atoms with Gasteiger partial charge in [0.1, 0.15) is 17.7 Å². The van der Waals surface area contributed by atoms with Crippen LogP contribution in [0, 0.1) is 26.5 Å². The lowest BCUT2D eigenvalue weighted by Gasteiger charge is -2.19. The average molecular weight is 457 g/mol. The first kappa shape index (κ1) is 18.2. The molecule has 1 unspecified atom stereocenters. The molecule has 0 aromatic heterocycles. The van der Waals surface area contributed by atoms with Crippen molar-refractivity contribution in [2.24, 2.45) is 0 Å². The van der Waals surface area contributed by atoms with E-state index in [0.717, 1.165) is 17.0 Å². The molecule has 0 bridgehead atoms. The van der Waals surface area contributed by atoms with E-state index in [2.05, 4.69) is 0 Å². The summed E-state index contributed by atoms with van der Waals surface area (Å²) >= 11 is 1.44. The number of rotatable bonds is 4. The van der Waals surface area contributed by atoms with E-state index in [1.54, 1.807) is 11.4 Å². The van der Waals surface area contributed by atoms with E-state index in [9.17, 15) is 27.2 Å². The van der Waals surface area contributed by atoms with Gasteiger partial charge in [0.15, 0.2) is 0 Å². The number of carbonyl (C=O) groups is 2. The lowest BCUT2D eigenvalue weighted by atomic mass is 10.1. The number of nitrogens with zero attached hydrogens (tertiary/aromatic N) is 2. The van der Waals surface area contributed by atoms with Crippen molar-refractivity contribution in [3.63, 3.8) is 0 Å². The third kappa shape index (κ3) is 3.53. The zero-order valence-corrected chi connectivity index (χ0v) is 13.8. The highest BCUT2D eigenvalue weighted by molar-refractivity contribution is 14.1. The summed E-state index contributed by atoms with van der Waals surface area (Å²) in [6, 6.07) is 3.35. The van der Waals surface area contributed by atoms with Crippen LogP contribution in [-0.4, -0.2) is 37.1 Å². The van der Waals surface area contributed by atoms with Crippen LogP contribution in [0.5, 0.6) is 0 Å². The number of amides is 2. The Balaban J connectivity index is 2.23. The normalized spacial score (nSPS) is 20.0. The topological polar surface area (TPSA) is 82.4 Å². The van der Waals surface area contributed by atoms with Crippen LogP contribution >= 0.6 is 22.6 Å². The van der Waals surface area contributed by atoms with Crippen molar-refractivity contribution in [1.29, 1.82) is 5.26 Å². The molecule has 6 nitrogen and oxygen atoms in total. The van der Waals surface area contributed by atoms with E-state index in [-0.39, 0.29) is 9.26 Å². The number of nitrogens with one attached hydrogen (secondary N) is 1. The van der Waals surface area contributed by atoms with Crippen molar-refractivity contribution < 1.29 is 31.9 Å². The van der Waals surface area contributed by atoms with Gasteiger partial charge in [-0.15, -0.1) is 0 Å². The average Bonchev–Trinajstić information content (AvgIpc) is 2.87. The van der Waals surface area contributed by atoms with E-state index in [1.807, 2.05) is 0 Å². The third-order valence-electron chi connectivity index (χ3n) is 3.15. The first-order chi connectivity index (χ1) is 11.2. The molecule has 128 valence electrons. The van der Waals surface area contributed by atoms with Crippen LogP contribution in [0.15, 0.2) is 12.1 Å². The van der Waals surface area contributed by atoms with Crippen LogP contribution < -0.4 is 10.2 Å². The summed E-state index contributed by atoms with van der Waals surface area (Å²) < 4.78 is 56.1. The second kappa shape index (κ2) is 6.80. The number of alkyl halides is 2. The number of cyclic esters (lactones) is 1. The Morgan fingerprint density at radius 3 is 2.54 bits per heavy atom. The standard InChI is InChI=1S/C13H8F4IN3O3/c14-7-1-6(2-8(15)9(7)18)21-5-13(3-19,24-12(21)23)4-20-11(22)10(16)17/h1-2,10H,4-5H2,(H,20,22). The van der Waals surface area contributed by atoms with Gasteiger partial charge in [0.05, 0.1) is 22.3 Å². The Morgan fingerprint density at radius 2 is 2.04 bits per heavy atom. The lowest BCUT2D eigenvalue weighted by molar-refractivity contribution is -0.132. The molecule has 1 N–H and O–H groups in total. The van der Waals surface area contributed by atoms with Crippen molar-refractivity contribution in [1.82, 2.24) is 5.32 Å². The zero-order valence-electron chi connectivity index (χ0n) is 11.7. The summed E-state index contributed by atoms with van der Waals surface area (Å²) in [5.41, 5.74) is -2.15. The SMILES string of the molecule is N#CC1(CNC(=O)C(F)F)CN(c2cc(F)c(I)c(F)c2)C(=O)O1. The fraction of sp³-hybridized carbons (Fsp3) is 0.308. The summed E-state index contributed by atoms with van der Waals surface area (Å²) in [5.74, 6) is -3.47. The number of carbonyl (C=O) groups excluding carboxylic acids is 2. The van der Waals surface area contributed by atoms with Gasteiger partial charge in [0.25, 0.3) is 5.91 Å². The predicted molar refractivity (Wildman–Crippen MR) is 80.3 cm³/mol. The molecule has 0 spiro atoms. The van der Waals surface area contributed by atoms with Crippen LogP contribution in [0.1, 0.15) is 0 Å². The van der Waals surface area contributed by atoms with E-state index in [4.69, 9.17) is 10.00 Å². The molecule has 2 rings (SSSR count). The molecule has 1 heterocycles. The molecule has 1 fully saturated rings. The maximum atomic E-state index is 13.6. The molecule has 0 radical (unpaired) electrons. The van der Waals surface area contributed by atoms with Crippen molar-refractivity contribution >= 4 is 40.3 Å². The molecular formula is C13H8F4IN3O3. The minimum absolute atomic E-state index is 0.201. The van der Waals surface area contributed by atoms with Crippen molar-refractivity contribution in [2.45, 2.75) is 12.0 Å². The van der Waals surface area contributed by atoms with Gasteiger partial charge in [-0.05, 0) is 34.7 Å². The fourth-order valence-corrected chi connectivity index (χ4v) is 2.28. The van der Waals surface area contributed by atoms with E-state index in [0.29, 0.717) is 0 Å². The molecule has 1 aromatic rings. The van der Waals surface area contributed by atoms with Crippen LogP contribution in [0.25, 0.3) is 0 Å². The molecule has 1 atom stereocenters. The van der Waals surface area contributed by atoms with Crippen molar-refractivity contribution in [3.05, 3.63) is 27.3 Å². The number of anilines is 1. The van der Waals surface area contributed by atoms with E-state index >= 15 is 0 Å². The van der Waals surface area contributed by atoms with Crippen LogP contribution in [0.3, 0.4) is 0 Å². The smallest absolute Gasteiger partial charge is 0.416 e. The van der Waals surface area contributed by atoms with Gasteiger partial charge in [-0.2, -0.15) is 14.0 Å². The molecule has 1 aliphatic rings. The van der Waals surface area contributed by atoms with Gasteiger partial charge < -0.3 is 10.1 Å². The molecule has 24 heavy (non-hydrogen) atoms. The largest absolute Gasteiger partial charge is 0.423 e. The number of nitriles is 1. The second-order valence-electron chi connectivity index (χ2n) is 4.80. The first-order valence-electron chi connectivity index (χ1n) is 6.31. The Morgan fingerprint density at radius 1 is 1.46 bits per heavy atom. The van der Waals surface area contributed by atoms with Gasteiger partial charge in [0, 0.05) is 0 Å². The molecule has 2 amide bonds. The minimum Gasteiger partial charge on any atom is -0.423 e. The van der Waals surface area contributed by atoms with Crippen LogP contribution in [-0.2, 0) is 9.53 Å². The predicted octanol–water partition coefficient (Wildman–Crippen LogP) is 2.17. The number of hydrogen-bond donors (Lipinski definition) is 1. The molecule has 1 aliphatic heterocycles. The van der Waals surface area contributed by atoms with Crippen molar-refractivity contribution in [3.8, 4) is 6.07 Å². The molecule has 0 saturated carbocycles. The molecular weight excluding hydrogens is 449 g/mol. The first-order valence-corrected chi connectivity index (χ1v) is 7.39. The maximum absolute atomic E-state index is 13.6. The van der Waals surface area contributed by atoms with E-state index < -0.39 is 48.8 Å². The molecule has 11 heteroatoms. The van der Waals surface area contributed by atoms with E-state index in [1.165, 1.54) is 22.6 Å². The minimum atomic E-state index is -3.30. The second-order valence-corrected chi connectivity index (χ2v) is 5.88. The number of hydrogen-bond acceptors (Lipinski definition) is 4. The fourth-order valence-electron chi connectivity index (χ4n) is 1.97. The van der Waals surface area contributed by atoms with Gasteiger partial charge in [-0.3, -0.25) is 9.69 Å².